The molecule has 0 aromatic heterocycles. The number of hydrogen-bond acceptors (Lipinski definition) is 4. The van der Waals surface area contributed by atoms with E-state index in [2.05, 4.69) is 0 Å². The van der Waals surface area contributed by atoms with Crippen molar-refractivity contribution in [2.24, 2.45) is 5.73 Å². The molecule has 1 aromatic rings. The largest absolute Gasteiger partial charge is 0.477 e. The van der Waals surface area contributed by atoms with Crippen LogP contribution in [0.25, 0.3) is 0 Å². The Morgan fingerprint density at radius 3 is 2.58 bits per heavy atom. The number of nitrogens with zero attached hydrogens (tertiary/aromatic N) is 2. The molecule has 2 aliphatic rings. The second kappa shape index (κ2) is 6.26. The Morgan fingerprint density at radius 1 is 1.33 bits per heavy atom. The lowest BCUT2D eigenvalue weighted by Crippen LogP contribution is -2.73. The zero-order chi connectivity index (χ0) is 17.4. The standard InChI is InChI=1S/C16H16ClN3O4/c17-10-6-7-11-14(15(22)20(11)13(10)16(23)24)19(12(21)8-18)9-4-2-1-3-5-9/h1-5,11,14H,6-8,18H2,(H,23,24)/t11-,14-/m0/s1. The molecule has 24 heavy (non-hydrogen) atoms. The van der Waals surface area contributed by atoms with E-state index < -0.39 is 29.9 Å². The summed E-state index contributed by atoms with van der Waals surface area (Å²) < 4.78 is 0. The first-order chi connectivity index (χ1) is 11.5. The number of allylic oxidation sites excluding steroid dienone is 1. The quantitative estimate of drug-likeness (QED) is 0.785. The van der Waals surface area contributed by atoms with Gasteiger partial charge in [0.15, 0.2) is 0 Å². The van der Waals surface area contributed by atoms with E-state index in [-0.39, 0.29) is 17.3 Å². The van der Waals surface area contributed by atoms with Crippen molar-refractivity contribution in [2.75, 3.05) is 11.4 Å². The highest BCUT2D eigenvalue weighted by Crippen LogP contribution is 2.41. The highest BCUT2D eigenvalue weighted by atomic mass is 35.5. The summed E-state index contributed by atoms with van der Waals surface area (Å²) >= 11 is 5.98. The molecule has 0 bridgehead atoms. The lowest BCUT2D eigenvalue weighted by atomic mass is 9.85. The van der Waals surface area contributed by atoms with E-state index in [4.69, 9.17) is 17.3 Å². The average molecular weight is 350 g/mol. The van der Waals surface area contributed by atoms with E-state index in [9.17, 15) is 19.5 Å². The number of β-lactam (4-membered cyclic amide) rings is 1. The number of fused-ring (bicyclic) bond motifs is 1. The molecule has 0 aliphatic carbocycles. The average Bonchev–Trinajstić information content (AvgIpc) is 2.59. The third-order valence-corrected chi connectivity index (χ3v) is 4.67. The van der Waals surface area contributed by atoms with Gasteiger partial charge < -0.3 is 10.8 Å². The van der Waals surface area contributed by atoms with Gasteiger partial charge in [-0.05, 0) is 25.0 Å². The molecule has 3 rings (SSSR count). The van der Waals surface area contributed by atoms with Gasteiger partial charge in [-0.2, -0.15) is 0 Å². The number of anilines is 1. The number of carbonyl (C=O) groups excluding carboxylic acids is 2. The summed E-state index contributed by atoms with van der Waals surface area (Å²) in [5.74, 6) is -2.09. The molecule has 2 heterocycles. The van der Waals surface area contributed by atoms with Crippen molar-refractivity contribution in [3.63, 3.8) is 0 Å². The summed E-state index contributed by atoms with van der Waals surface area (Å²) in [5, 5.41) is 9.46. The van der Waals surface area contributed by atoms with Gasteiger partial charge in [-0.15, -0.1) is 0 Å². The van der Waals surface area contributed by atoms with Crippen molar-refractivity contribution >= 4 is 35.1 Å². The fourth-order valence-corrected chi connectivity index (χ4v) is 3.55. The molecule has 3 N–H and O–H groups in total. The maximum absolute atomic E-state index is 12.6. The first-order valence-electron chi connectivity index (χ1n) is 7.49. The highest BCUT2D eigenvalue weighted by Gasteiger charge is 2.56. The molecular weight excluding hydrogens is 334 g/mol. The Balaban J connectivity index is 1.97. The molecule has 2 aliphatic heterocycles. The normalized spacial score (nSPS) is 22.8. The number of para-hydroxylation sites is 1. The van der Waals surface area contributed by atoms with Crippen molar-refractivity contribution in [1.82, 2.24) is 4.90 Å². The van der Waals surface area contributed by atoms with Crippen molar-refractivity contribution in [2.45, 2.75) is 24.9 Å². The van der Waals surface area contributed by atoms with Crippen molar-refractivity contribution in [1.29, 1.82) is 0 Å². The van der Waals surface area contributed by atoms with Gasteiger partial charge in [-0.25, -0.2) is 4.79 Å². The molecule has 0 saturated carbocycles. The van der Waals surface area contributed by atoms with Gasteiger partial charge in [0.1, 0.15) is 11.7 Å². The van der Waals surface area contributed by atoms with Crippen molar-refractivity contribution in [3.8, 4) is 0 Å². The molecule has 126 valence electrons. The van der Waals surface area contributed by atoms with Crippen LogP contribution in [0.3, 0.4) is 0 Å². The predicted octanol–water partition coefficient (Wildman–Crippen LogP) is 0.886. The molecule has 0 spiro atoms. The number of benzene rings is 1. The number of amides is 2. The number of aliphatic carboxylic acids is 1. The number of carboxylic acid groups (broad SMARTS) is 1. The maximum atomic E-state index is 12.6. The van der Waals surface area contributed by atoms with E-state index in [1.807, 2.05) is 0 Å². The number of hydrogen-bond donors (Lipinski definition) is 2. The number of nitrogens with two attached hydrogens (primary N) is 1. The Hall–Kier alpha value is -2.38. The number of carboxylic acids is 1. The molecule has 2 atom stereocenters. The van der Waals surface area contributed by atoms with Crippen LogP contribution >= 0.6 is 11.6 Å². The second-order valence-electron chi connectivity index (χ2n) is 5.62. The Labute approximate surface area is 143 Å². The van der Waals surface area contributed by atoms with E-state index in [0.29, 0.717) is 18.5 Å². The van der Waals surface area contributed by atoms with Crippen LogP contribution in [0.4, 0.5) is 5.69 Å². The van der Waals surface area contributed by atoms with E-state index in [0.717, 1.165) is 0 Å². The summed E-state index contributed by atoms with van der Waals surface area (Å²) in [6.45, 7) is -0.242. The summed E-state index contributed by atoms with van der Waals surface area (Å²) in [6, 6.07) is 7.57. The van der Waals surface area contributed by atoms with Gasteiger partial charge in [0.2, 0.25) is 5.91 Å². The Bertz CT molecular complexity index is 734. The van der Waals surface area contributed by atoms with E-state index >= 15 is 0 Å². The predicted molar refractivity (Wildman–Crippen MR) is 87.2 cm³/mol. The molecule has 1 fully saturated rings. The molecule has 1 saturated heterocycles. The number of carbonyl (C=O) groups is 3. The van der Waals surface area contributed by atoms with Gasteiger partial charge in [-0.3, -0.25) is 19.4 Å². The van der Waals surface area contributed by atoms with Crippen LogP contribution in [0.1, 0.15) is 12.8 Å². The number of halogens is 1. The Kier molecular flexibility index (Phi) is 4.29. The topological polar surface area (TPSA) is 104 Å². The maximum Gasteiger partial charge on any atom is 0.353 e. The fourth-order valence-electron chi connectivity index (χ4n) is 3.26. The lowest BCUT2D eigenvalue weighted by molar-refractivity contribution is -0.153. The van der Waals surface area contributed by atoms with Gasteiger partial charge >= 0.3 is 5.97 Å². The summed E-state index contributed by atoms with van der Waals surface area (Å²) in [4.78, 5) is 38.9. The zero-order valence-electron chi connectivity index (χ0n) is 12.7. The monoisotopic (exact) mass is 349 g/mol. The van der Waals surface area contributed by atoms with Crippen LogP contribution in [0.5, 0.6) is 0 Å². The van der Waals surface area contributed by atoms with Crippen LogP contribution in [0, 0.1) is 0 Å². The van der Waals surface area contributed by atoms with Crippen LogP contribution < -0.4 is 10.6 Å². The van der Waals surface area contributed by atoms with Crippen molar-refractivity contribution in [3.05, 3.63) is 41.1 Å². The minimum atomic E-state index is -1.24. The van der Waals surface area contributed by atoms with Gasteiger partial charge in [0, 0.05) is 10.7 Å². The first-order valence-corrected chi connectivity index (χ1v) is 7.87. The van der Waals surface area contributed by atoms with Gasteiger partial charge in [0.05, 0.1) is 12.6 Å². The fraction of sp³-hybridized carbons (Fsp3) is 0.312. The zero-order valence-corrected chi connectivity index (χ0v) is 13.4. The summed E-state index contributed by atoms with van der Waals surface area (Å²) in [7, 11) is 0. The van der Waals surface area contributed by atoms with E-state index in [1.165, 1.54) is 9.80 Å². The molecule has 0 unspecified atom stereocenters. The van der Waals surface area contributed by atoms with Crippen molar-refractivity contribution < 1.29 is 19.5 Å². The van der Waals surface area contributed by atoms with Crippen LogP contribution in [0.2, 0.25) is 0 Å². The molecule has 1 aromatic carbocycles. The highest BCUT2D eigenvalue weighted by molar-refractivity contribution is 6.32. The molecule has 2 amide bonds. The Morgan fingerprint density at radius 2 is 2.00 bits per heavy atom. The minimum absolute atomic E-state index is 0.155. The van der Waals surface area contributed by atoms with Gasteiger partial charge in [0.25, 0.3) is 5.91 Å². The third-order valence-electron chi connectivity index (χ3n) is 4.30. The van der Waals surface area contributed by atoms with E-state index in [1.54, 1.807) is 30.3 Å². The van der Waals surface area contributed by atoms with Crippen LogP contribution in [-0.2, 0) is 14.4 Å². The number of rotatable bonds is 4. The SMILES string of the molecule is NCC(=O)N(c1ccccc1)[C@@H]1C(=O)N2C(C(=O)O)=C(Cl)CC[C@@H]12. The van der Waals surface area contributed by atoms with Gasteiger partial charge in [-0.1, -0.05) is 29.8 Å². The van der Waals surface area contributed by atoms with Crippen LogP contribution in [-0.4, -0.2) is 46.4 Å². The lowest BCUT2D eigenvalue weighted by Gasteiger charge is -2.53. The smallest absolute Gasteiger partial charge is 0.353 e. The molecule has 0 radical (unpaired) electrons. The second-order valence-corrected chi connectivity index (χ2v) is 6.08. The summed E-state index contributed by atoms with van der Waals surface area (Å²) in [5.41, 5.74) is 5.86. The third kappa shape index (κ3) is 2.46. The minimum Gasteiger partial charge on any atom is -0.477 e. The van der Waals surface area contributed by atoms with Crippen LogP contribution in [0.15, 0.2) is 41.1 Å². The summed E-state index contributed by atoms with van der Waals surface area (Å²) in [6.07, 6.45) is 0.848. The first kappa shape index (κ1) is 16.5. The molecular formula is C16H16ClN3O4. The molecule has 8 heteroatoms. The molecule has 7 nitrogen and oxygen atoms in total.